The fraction of sp³-hybridized carbons (Fsp3) is 0.440. The normalized spacial score (nSPS) is 12.5. The Bertz CT molecular complexity index is 984. The van der Waals surface area contributed by atoms with Gasteiger partial charge in [0, 0.05) is 28.1 Å². The molecule has 2 atom stereocenters. The predicted molar refractivity (Wildman–Crippen MR) is 128 cm³/mol. The molecule has 9 heteroatoms. The molecular formula is C25H30ClNaO6S. The number of Topliss-reactive ketones (excluding diaryl/α,β-unsaturated/α-hetero) is 1. The smallest absolute Gasteiger partial charge is 0.550 e. The standard InChI is InChI=1S/C25H31ClO6S.Na/c1-4-6-19-22(9-8-18(16(3)27)24(19)29)32-11-5-12-33-23-10-7-17(13-20(23)26)14-21(28)15(2)25(30)31;/h7-10,13,15,21,28-29H,4-6,11-12,14H2,1-3H3,(H,30,31);/q;+1/p-1. The van der Waals surface area contributed by atoms with Crippen LogP contribution < -0.4 is 39.4 Å². The number of aliphatic hydroxyl groups excluding tert-OH is 1. The molecular weight excluding hydrogens is 487 g/mol. The quantitative estimate of drug-likeness (QED) is 0.177. The van der Waals surface area contributed by atoms with E-state index in [-0.39, 0.29) is 47.5 Å². The van der Waals surface area contributed by atoms with Crippen LogP contribution in [0.4, 0.5) is 0 Å². The van der Waals surface area contributed by atoms with Crippen molar-refractivity contribution in [2.75, 3.05) is 12.4 Å². The number of aliphatic hydroxyl groups is 1. The van der Waals surface area contributed by atoms with E-state index in [4.69, 9.17) is 16.3 Å². The maximum absolute atomic E-state index is 11.7. The third kappa shape index (κ3) is 8.77. The number of ketones is 1. The number of phenols is 1. The van der Waals surface area contributed by atoms with Gasteiger partial charge < -0.3 is 24.9 Å². The van der Waals surface area contributed by atoms with E-state index in [2.05, 4.69) is 0 Å². The summed E-state index contributed by atoms with van der Waals surface area (Å²) >= 11 is 7.93. The summed E-state index contributed by atoms with van der Waals surface area (Å²) in [5, 5.41) is 31.8. The van der Waals surface area contributed by atoms with Gasteiger partial charge in [-0.3, -0.25) is 4.79 Å². The molecule has 2 unspecified atom stereocenters. The zero-order valence-corrected chi connectivity index (χ0v) is 23.7. The average Bonchev–Trinajstić information content (AvgIpc) is 2.76. The number of benzene rings is 2. The van der Waals surface area contributed by atoms with Crippen LogP contribution in [0, 0.1) is 5.92 Å². The van der Waals surface area contributed by atoms with E-state index < -0.39 is 18.0 Å². The molecule has 2 aromatic rings. The average molecular weight is 517 g/mol. The zero-order chi connectivity index (χ0) is 24.5. The van der Waals surface area contributed by atoms with Crippen LogP contribution in [0.5, 0.6) is 11.5 Å². The molecule has 0 aliphatic carbocycles. The van der Waals surface area contributed by atoms with E-state index in [0.717, 1.165) is 29.1 Å². The molecule has 0 aliphatic rings. The molecule has 0 amide bonds. The van der Waals surface area contributed by atoms with Crippen molar-refractivity contribution in [1.29, 1.82) is 0 Å². The van der Waals surface area contributed by atoms with Gasteiger partial charge >= 0.3 is 29.6 Å². The van der Waals surface area contributed by atoms with Crippen molar-refractivity contribution in [2.45, 2.75) is 57.5 Å². The van der Waals surface area contributed by atoms with Crippen molar-refractivity contribution in [2.24, 2.45) is 5.92 Å². The molecule has 0 radical (unpaired) electrons. The Kier molecular flexibility index (Phi) is 13.6. The molecule has 0 bridgehead atoms. The maximum atomic E-state index is 11.7. The molecule has 2 aromatic carbocycles. The Morgan fingerprint density at radius 1 is 1.24 bits per heavy atom. The number of hydrogen-bond acceptors (Lipinski definition) is 7. The maximum Gasteiger partial charge on any atom is 1.00 e. The summed E-state index contributed by atoms with van der Waals surface area (Å²) in [6.45, 7) is 5.29. The van der Waals surface area contributed by atoms with E-state index in [1.807, 2.05) is 19.1 Å². The van der Waals surface area contributed by atoms with Gasteiger partial charge in [-0.1, -0.05) is 37.9 Å². The van der Waals surface area contributed by atoms with Crippen LogP contribution in [0.15, 0.2) is 35.2 Å². The minimum Gasteiger partial charge on any atom is -0.550 e. The number of carbonyl (C=O) groups excluding carboxylic acids is 2. The van der Waals surface area contributed by atoms with Gasteiger partial charge in [-0.15, -0.1) is 11.8 Å². The Hall–Kier alpha value is -1.22. The fourth-order valence-corrected chi connectivity index (χ4v) is 4.53. The molecule has 0 fully saturated rings. The van der Waals surface area contributed by atoms with Gasteiger partial charge in [-0.2, -0.15) is 0 Å². The minimum atomic E-state index is -1.28. The monoisotopic (exact) mass is 516 g/mol. The SMILES string of the molecule is CCCc1c(OCCCSc2ccc(CC(O)C(C)C(=O)[O-])cc2Cl)ccc(C(C)=O)c1O.[Na+]. The molecule has 180 valence electrons. The first kappa shape index (κ1) is 30.8. The summed E-state index contributed by atoms with van der Waals surface area (Å²) in [6, 6.07) is 8.75. The molecule has 0 aliphatic heterocycles. The summed E-state index contributed by atoms with van der Waals surface area (Å²) in [6.07, 6.45) is 1.33. The van der Waals surface area contributed by atoms with Gasteiger partial charge in [0.1, 0.15) is 11.5 Å². The number of phenolic OH excluding ortho intramolecular Hbond substituents is 1. The number of halogens is 1. The van der Waals surface area contributed by atoms with Gasteiger partial charge in [0.15, 0.2) is 5.78 Å². The van der Waals surface area contributed by atoms with Crippen molar-refractivity contribution >= 4 is 35.1 Å². The summed E-state index contributed by atoms with van der Waals surface area (Å²) in [5.74, 6) is -1.08. The zero-order valence-electron chi connectivity index (χ0n) is 20.1. The first-order valence-electron chi connectivity index (χ1n) is 10.9. The van der Waals surface area contributed by atoms with Crippen LogP contribution in [-0.4, -0.2) is 40.4 Å². The molecule has 34 heavy (non-hydrogen) atoms. The van der Waals surface area contributed by atoms with Gasteiger partial charge in [0.05, 0.1) is 23.3 Å². The van der Waals surface area contributed by atoms with Crippen LogP contribution >= 0.6 is 23.4 Å². The minimum absolute atomic E-state index is 0. The Balaban J connectivity index is 0.00000578. The molecule has 0 heterocycles. The molecule has 0 saturated carbocycles. The first-order chi connectivity index (χ1) is 15.6. The molecule has 0 aromatic heterocycles. The number of rotatable bonds is 13. The number of aromatic hydroxyl groups is 1. The number of carboxylic acids is 1. The van der Waals surface area contributed by atoms with E-state index in [9.17, 15) is 24.9 Å². The van der Waals surface area contributed by atoms with Crippen molar-refractivity contribution in [3.05, 3.63) is 52.0 Å². The topological polar surface area (TPSA) is 107 Å². The Morgan fingerprint density at radius 3 is 2.53 bits per heavy atom. The molecule has 0 spiro atoms. The van der Waals surface area contributed by atoms with E-state index in [1.165, 1.54) is 13.8 Å². The van der Waals surface area contributed by atoms with Crippen LogP contribution in [0.1, 0.15) is 55.1 Å². The first-order valence-corrected chi connectivity index (χ1v) is 12.3. The number of aliphatic carboxylic acids is 1. The largest absolute Gasteiger partial charge is 1.00 e. The van der Waals surface area contributed by atoms with Crippen LogP contribution in [0.2, 0.25) is 5.02 Å². The van der Waals surface area contributed by atoms with Crippen molar-refractivity contribution < 1.29 is 59.2 Å². The summed E-state index contributed by atoms with van der Waals surface area (Å²) in [5.41, 5.74) is 1.72. The van der Waals surface area contributed by atoms with Crippen LogP contribution in [0.3, 0.4) is 0 Å². The number of thioether (sulfide) groups is 1. The van der Waals surface area contributed by atoms with Crippen molar-refractivity contribution in [3.8, 4) is 11.5 Å². The predicted octanol–water partition coefficient (Wildman–Crippen LogP) is 1.06. The van der Waals surface area contributed by atoms with E-state index >= 15 is 0 Å². The number of carbonyl (C=O) groups is 2. The summed E-state index contributed by atoms with van der Waals surface area (Å²) < 4.78 is 5.88. The molecule has 2 N–H and O–H groups in total. The molecule has 2 rings (SSSR count). The molecule has 0 saturated heterocycles. The van der Waals surface area contributed by atoms with Crippen LogP contribution in [-0.2, 0) is 17.6 Å². The van der Waals surface area contributed by atoms with Gasteiger partial charge in [0.25, 0.3) is 0 Å². The van der Waals surface area contributed by atoms with E-state index in [0.29, 0.717) is 34.9 Å². The summed E-state index contributed by atoms with van der Waals surface area (Å²) in [4.78, 5) is 23.4. The second-order valence-electron chi connectivity index (χ2n) is 7.94. The second-order valence-corrected chi connectivity index (χ2v) is 9.48. The van der Waals surface area contributed by atoms with Gasteiger partial charge in [-0.05, 0) is 56.0 Å². The Labute approximate surface area is 232 Å². The van der Waals surface area contributed by atoms with Crippen LogP contribution in [0.25, 0.3) is 0 Å². The van der Waals surface area contributed by atoms with Gasteiger partial charge in [0.2, 0.25) is 0 Å². The number of hydrogen-bond donors (Lipinski definition) is 2. The Morgan fingerprint density at radius 2 is 1.94 bits per heavy atom. The fourth-order valence-electron chi connectivity index (χ4n) is 3.32. The second kappa shape index (κ2) is 15.0. The van der Waals surface area contributed by atoms with Crippen molar-refractivity contribution in [3.63, 3.8) is 0 Å². The number of ether oxygens (including phenoxy) is 1. The summed E-state index contributed by atoms with van der Waals surface area (Å²) in [7, 11) is 0. The molecule has 6 nitrogen and oxygen atoms in total. The van der Waals surface area contributed by atoms with E-state index in [1.54, 1.807) is 30.0 Å². The third-order valence-electron chi connectivity index (χ3n) is 5.31. The van der Waals surface area contributed by atoms with Gasteiger partial charge in [-0.25, -0.2) is 0 Å². The van der Waals surface area contributed by atoms with Crippen molar-refractivity contribution in [1.82, 2.24) is 0 Å². The number of carboxylic acid groups (broad SMARTS) is 1. The third-order valence-corrected chi connectivity index (χ3v) is 6.90.